The first-order valence-corrected chi connectivity index (χ1v) is 14.1. The Morgan fingerprint density at radius 3 is 2.52 bits per heavy atom. The lowest BCUT2D eigenvalue weighted by molar-refractivity contribution is -0.561. The average molecular weight is 642 g/mol. The van der Waals surface area contributed by atoms with Gasteiger partial charge in [0.05, 0.1) is 35.9 Å². The number of ether oxygens (including phenoxy) is 2. The number of benzene rings is 2. The van der Waals surface area contributed by atoms with E-state index in [2.05, 4.69) is 15.3 Å². The summed E-state index contributed by atoms with van der Waals surface area (Å²) in [4.78, 5) is 45.9. The number of nitrogens with two attached hydrogens (primary N) is 1. The van der Waals surface area contributed by atoms with Gasteiger partial charge in [0.15, 0.2) is 0 Å². The van der Waals surface area contributed by atoms with Crippen LogP contribution in [0.3, 0.4) is 0 Å². The van der Waals surface area contributed by atoms with E-state index in [1.54, 1.807) is 29.2 Å². The van der Waals surface area contributed by atoms with Crippen molar-refractivity contribution in [2.24, 2.45) is 5.73 Å². The lowest BCUT2D eigenvalue weighted by Gasteiger charge is -2.31. The van der Waals surface area contributed by atoms with Gasteiger partial charge in [-0.05, 0) is 42.5 Å². The third kappa shape index (κ3) is 7.01. The largest absolute Gasteiger partial charge is 0.439 e. The van der Waals surface area contributed by atoms with Crippen molar-refractivity contribution >= 4 is 34.2 Å². The minimum Gasteiger partial charge on any atom is -0.439 e. The summed E-state index contributed by atoms with van der Waals surface area (Å²) in [6, 6.07) is 10.7. The molecule has 0 radical (unpaired) electrons. The summed E-state index contributed by atoms with van der Waals surface area (Å²) in [7, 11) is 0. The number of carbonyl (C=O) groups is 2. The Hall–Kier alpha value is -5.25. The summed E-state index contributed by atoms with van der Waals surface area (Å²) in [6.07, 6.45) is -2.21. The van der Waals surface area contributed by atoms with Gasteiger partial charge in [-0.2, -0.15) is 13.2 Å². The molecule has 2 amide bonds. The smallest absolute Gasteiger partial charge is 0.418 e. The number of halogens is 3. The Kier molecular flexibility index (Phi) is 8.83. The molecule has 46 heavy (non-hydrogen) atoms. The monoisotopic (exact) mass is 641 g/mol. The predicted molar refractivity (Wildman–Crippen MR) is 161 cm³/mol. The van der Waals surface area contributed by atoms with E-state index >= 15 is 0 Å². The number of nitro groups is 1. The van der Waals surface area contributed by atoms with Crippen LogP contribution in [0, 0.1) is 10.1 Å². The summed E-state index contributed by atoms with van der Waals surface area (Å²) < 4.78 is 54.2. The number of fused-ring (bicyclic) bond motifs is 1. The number of morpholine rings is 1. The number of carbonyl (C=O) groups excluding carboxylic acids is 2. The molecule has 1 atom stereocenters. The van der Waals surface area contributed by atoms with Gasteiger partial charge < -0.3 is 25.4 Å². The van der Waals surface area contributed by atoms with E-state index in [0.29, 0.717) is 43.0 Å². The van der Waals surface area contributed by atoms with E-state index in [4.69, 9.17) is 15.2 Å². The van der Waals surface area contributed by atoms with E-state index < -0.39 is 40.1 Å². The molecule has 16 heteroatoms. The van der Waals surface area contributed by atoms with Crippen molar-refractivity contribution in [3.05, 3.63) is 82.4 Å². The highest BCUT2D eigenvalue weighted by Gasteiger charge is 2.38. The van der Waals surface area contributed by atoms with Gasteiger partial charge >= 0.3 is 12.2 Å². The fraction of sp³-hybridized carbons (Fsp3) is 0.333. The summed E-state index contributed by atoms with van der Waals surface area (Å²) in [5, 5.41) is 14.5. The highest BCUT2D eigenvalue weighted by Crippen LogP contribution is 2.39. The van der Waals surface area contributed by atoms with Crippen LogP contribution in [-0.2, 0) is 15.7 Å². The number of amides is 2. The standard InChI is InChI=1S/C30H30F3N7O6/c1-29(2,40(43)44)16-21(27(34)41)23-15-26(36-17-35-23)46-20-4-6-24-18(13-20)7-8-39(24)28(42)37-19-3-5-25(22(14-19)30(31,32)33)38-9-11-45-12-10-38/h3-8,13-15,17,21H,9-12,16H2,1-2H3,(H2,34,41)(H,37,42). The molecule has 13 nitrogen and oxygen atoms in total. The first-order chi connectivity index (χ1) is 21.7. The van der Waals surface area contributed by atoms with Crippen molar-refractivity contribution in [2.45, 2.75) is 37.9 Å². The second-order valence-corrected chi connectivity index (χ2v) is 11.3. The molecule has 1 unspecified atom stereocenters. The molecule has 0 aliphatic carbocycles. The quantitative estimate of drug-likeness (QED) is 0.185. The zero-order valence-corrected chi connectivity index (χ0v) is 24.8. The highest BCUT2D eigenvalue weighted by atomic mass is 19.4. The number of nitrogens with one attached hydrogen (secondary N) is 1. The minimum absolute atomic E-state index is 0.0217. The molecule has 0 bridgehead atoms. The number of nitrogens with zero attached hydrogens (tertiary/aromatic N) is 5. The third-order valence-corrected chi connectivity index (χ3v) is 7.57. The highest BCUT2D eigenvalue weighted by molar-refractivity contribution is 5.99. The maximum atomic E-state index is 13.9. The Labute approximate surface area is 260 Å². The molecule has 4 aromatic rings. The number of anilines is 2. The zero-order valence-electron chi connectivity index (χ0n) is 24.8. The Balaban J connectivity index is 1.33. The van der Waals surface area contributed by atoms with Crippen LogP contribution in [-0.4, -0.2) is 63.2 Å². The van der Waals surface area contributed by atoms with Crippen LogP contribution in [0.1, 0.15) is 37.4 Å². The molecule has 1 saturated heterocycles. The molecule has 1 aliphatic rings. The maximum absolute atomic E-state index is 13.9. The molecule has 1 fully saturated rings. The van der Waals surface area contributed by atoms with Crippen molar-refractivity contribution in [1.82, 2.24) is 14.5 Å². The molecule has 2 aromatic carbocycles. The topological polar surface area (TPSA) is 168 Å². The van der Waals surface area contributed by atoms with Gasteiger partial charge in [0.2, 0.25) is 17.3 Å². The van der Waals surface area contributed by atoms with Crippen LogP contribution in [0.5, 0.6) is 11.6 Å². The lowest BCUT2D eigenvalue weighted by atomic mass is 9.88. The Morgan fingerprint density at radius 2 is 1.85 bits per heavy atom. The van der Waals surface area contributed by atoms with Crippen LogP contribution >= 0.6 is 0 Å². The number of rotatable bonds is 9. The fourth-order valence-corrected chi connectivity index (χ4v) is 5.11. The number of hydrogen-bond donors (Lipinski definition) is 2. The zero-order chi connectivity index (χ0) is 33.2. The molecule has 3 N–H and O–H groups in total. The molecule has 3 heterocycles. The third-order valence-electron chi connectivity index (χ3n) is 7.57. The number of alkyl halides is 3. The number of hydrogen-bond acceptors (Lipinski definition) is 9. The first kappa shape index (κ1) is 32.2. The second kappa shape index (κ2) is 12.6. The average Bonchev–Trinajstić information content (AvgIpc) is 3.43. The van der Waals surface area contributed by atoms with E-state index in [1.807, 2.05) is 0 Å². The Bertz CT molecular complexity index is 1790. The molecular weight excluding hydrogens is 611 g/mol. The van der Waals surface area contributed by atoms with Gasteiger partial charge in [0.25, 0.3) is 0 Å². The fourth-order valence-electron chi connectivity index (χ4n) is 5.11. The summed E-state index contributed by atoms with van der Waals surface area (Å²) in [6.45, 7) is 4.05. The van der Waals surface area contributed by atoms with Crippen molar-refractivity contribution in [3.63, 3.8) is 0 Å². The normalized spacial score (nSPS) is 14.6. The molecule has 1 aliphatic heterocycles. The van der Waals surface area contributed by atoms with Crippen LogP contribution < -0.4 is 20.7 Å². The predicted octanol–water partition coefficient (Wildman–Crippen LogP) is 5.17. The van der Waals surface area contributed by atoms with E-state index in [9.17, 15) is 32.9 Å². The minimum atomic E-state index is -4.64. The van der Waals surface area contributed by atoms with Gasteiger partial charge in [-0.3, -0.25) is 19.5 Å². The van der Waals surface area contributed by atoms with Crippen LogP contribution in [0.15, 0.2) is 61.1 Å². The van der Waals surface area contributed by atoms with Crippen molar-refractivity contribution in [1.29, 1.82) is 0 Å². The van der Waals surface area contributed by atoms with Crippen molar-refractivity contribution < 1.29 is 37.2 Å². The molecule has 5 rings (SSSR count). The molecule has 2 aromatic heterocycles. The van der Waals surface area contributed by atoms with E-state index in [1.165, 1.54) is 42.8 Å². The molecular formula is C30H30F3N7O6. The first-order valence-electron chi connectivity index (χ1n) is 14.1. The van der Waals surface area contributed by atoms with Crippen LogP contribution in [0.25, 0.3) is 10.9 Å². The van der Waals surface area contributed by atoms with Gasteiger partial charge in [0.1, 0.15) is 12.1 Å². The summed E-state index contributed by atoms with van der Waals surface area (Å²) in [5.74, 6) is -1.50. The molecule has 0 spiro atoms. The van der Waals surface area contributed by atoms with Gasteiger partial charge in [-0.15, -0.1) is 0 Å². The van der Waals surface area contributed by atoms with Crippen molar-refractivity contribution in [3.8, 4) is 11.6 Å². The Morgan fingerprint density at radius 1 is 1.11 bits per heavy atom. The number of primary amides is 1. The van der Waals surface area contributed by atoms with E-state index in [-0.39, 0.29) is 29.4 Å². The van der Waals surface area contributed by atoms with Gasteiger partial charge in [0, 0.05) is 67.3 Å². The van der Waals surface area contributed by atoms with Gasteiger partial charge in [-0.1, -0.05) is 0 Å². The van der Waals surface area contributed by atoms with Crippen LogP contribution in [0.2, 0.25) is 0 Å². The van der Waals surface area contributed by atoms with Gasteiger partial charge in [-0.25, -0.2) is 14.8 Å². The van der Waals surface area contributed by atoms with Crippen LogP contribution in [0.4, 0.5) is 29.3 Å². The molecule has 0 saturated carbocycles. The van der Waals surface area contributed by atoms with E-state index in [0.717, 1.165) is 12.4 Å². The second-order valence-electron chi connectivity index (χ2n) is 11.3. The maximum Gasteiger partial charge on any atom is 0.418 e. The SMILES string of the molecule is CC(C)(CC(C(N)=O)c1cc(Oc2ccc3c(ccn3C(=O)Nc3ccc(N4CCOCC4)c(C(F)(F)F)c3)c2)ncn1)[N+](=O)[O-]. The molecule has 242 valence electrons. The summed E-state index contributed by atoms with van der Waals surface area (Å²) in [5.41, 5.74) is 3.83. The lowest BCUT2D eigenvalue weighted by Crippen LogP contribution is -2.37. The summed E-state index contributed by atoms with van der Waals surface area (Å²) >= 11 is 0. The van der Waals surface area contributed by atoms with Crippen molar-refractivity contribution in [2.75, 3.05) is 36.5 Å². The number of aromatic nitrogens is 3.